The summed E-state index contributed by atoms with van der Waals surface area (Å²) in [4.78, 5) is 30.7. The van der Waals surface area contributed by atoms with E-state index in [1.54, 1.807) is 24.5 Å². The van der Waals surface area contributed by atoms with E-state index >= 15 is 0 Å². The number of aryl methyl sites for hydroxylation is 1. The fourth-order valence-corrected chi connectivity index (χ4v) is 3.79. The molecule has 2 aromatic carbocycles. The Morgan fingerprint density at radius 1 is 0.921 bits per heavy atom. The minimum atomic E-state index is -0.516. The number of hydrogen-bond acceptors (Lipinski definition) is 7. The van der Waals surface area contributed by atoms with Crippen LogP contribution >= 0.6 is 0 Å². The highest BCUT2D eigenvalue weighted by Crippen LogP contribution is 2.29. The SMILES string of the molecule is Cn1c(Nc2cccc(-c3ccncc3)c2)nc2cc(Oc3ccnc(C(=O)NOC(C)(C)C)c3)ccc21.[HH].[HH]. The maximum absolute atomic E-state index is 12.4. The molecule has 9 nitrogen and oxygen atoms in total. The van der Waals surface area contributed by atoms with Gasteiger partial charge in [-0.2, -0.15) is 0 Å². The molecule has 38 heavy (non-hydrogen) atoms. The van der Waals surface area contributed by atoms with Crippen LogP contribution in [0.2, 0.25) is 0 Å². The van der Waals surface area contributed by atoms with Gasteiger partial charge in [0.1, 0.15) is 17.2 Å². The van der Waals surface area contributed by atoms with Crippen LogP contribution in [0, 0.1) is 0 Å². The lowest BCUT2D eigenvalue weighted by atomic mass is 10.1. The second kappa shape index (κ2) is 10.3. The fourth-order valence-electron chi connectivity index (χ4n) is 3.79. The molecule has 0 spiro atoms. The van der Waals surface area contributed by atoms with Gasteiger partial charge in [0.05, 0.1) is 16.6 Å². The van der Waals surface area contributed by atoms with Gasteiger partial charge in [-0.1, -0.05) is 12.1 Å². The Labute approximate surface area is 223 Å². The summed E-state index contributed by atoms with van der Waals surface area (Å²) in [7, 11) is 1.96. The first-order chi connectivity index (χ1) is 18.2. The first-order valence-electron chi connectivity index (χ1n) is 12.1. The molecule has 0 radical (unpaired) electrons. The molecule has 0 aliphatic rings. The molecule has 0 saturated carbocycles. The summed E-state index contributed by atoms with van der Waals surface area (Å²) in [6.45, 7) is 5.53. The minimum absolute atomic E-state index is 0. The van der Waals surface area contributed by atoms with E-state index in [1.807, 2.05) is 74.9 Å². The van der Waals surface area contributed by atoms with Gasteiger partial charge in [0.25, 0.3) is 5.91 Å². The number of imidazole rings is 1. The minimum Gasteiger partial charge on any atom is -0.457 e. The number of nitrogens with zero attached hydrogens (tertiary/aromatic N) is 4. The Bertz CT molecular complexity index is 1600. The van der Waals surface area contributed by atoms with Crippen LogP contribution < -0.4 is 15.5 Å². The number of ether oxygens (including phenoxy) is 1. The number of hydroxylamine groups is 1. The molecule has 5 aromatic rings. The van der Waals surface area contributed by atoms with Crippen LogP contribution in [0.15, 0.2) is 85.3 Å². The van der Waals surface area contributed by atoms with Gasteiger partial charge in [0.2, 0.25) is 5.95 Å². The van der Waals surface area contributed by atoms with Crippen molar-refractivity contribution in [2.45, 2.75) is 26.4 Å². The molecular weight excluding hydrogens is 480 g/mol. The first-order valence-corrected chi connectivity index (χ1v) is 12.1. The van der Waals surface area contributed by atoms with E-state index in [2.05, 4.69) is 32.9 Å². The molecule has 0 aliphatic heterocycles. The van der Waals surface area contributed by atoms with Gasteiger partial charge in [-0.25, -0.2) is 10.5 Å². The second-order valence-electron chi connectivity index (χ2n) is 9.71. The predicted molar refractivity (Wildman–Crippen MR) is 151 cm³/mol. The van der Waals surface area contributed by atoms with Crippen molar-refractivity contribution in [2.24, 2.45) is 7.05 Å². The third-order valence-electron chi connectivity index (χ3n) is 5.63. The number of nitrogens with one attached hydrogen (secondary N) is 2. The number of rotatable bonds is 7. The molecule has 0 saturated heterocycles. The quantitative estimate of drug-likeness (QED) is 0.239. The Hall–Kier alpha value is -4.76. The zero-order valence-corrected chi connectivity index (χ0v) is 21.6. The van der Waals surface area contributed by atoms with Crippen LogP contribution in [-0.2, 0) is 11.9 Å². The normalized spacial score (nSPS) is 11.4. The zero-order valence-electron chi connectivity index (χ0n) is 21.6. The largest absolute Gasteiger partial charge is 0.457 e. The lowest BCUT2D eigenvalue weighted by molar-refractivity contribution is -0.0591. The predicted octanol–water partition coefficient (Wildman–Crippen LogP) is 6.52. The third kappa shape index (κ3) is 5.79. The summed E-state index contributed by atoms with van der Waals surface area (Å²) in [6.07, 6.45) is 5.08. The summed E-state index contributed by atoms with van der Waals surface area (Å²) in [6, 6.07) is 21.0. The molecule has 3 heterocycles. The number of anilines is 2. The van der Waals surface area contributed by atoms with Crippen molar-refractivity contribution >= 4 is 28.6 Å². The lowest BCUT2D eigenvalue weighted by Crippen LogP contribution is -2.33. The summed E-state index contributed by atoms with van der Waals surface area (Å²) in [5.74, 6) is 1.31. The van der Waals surface area contributed by atoms with E-state index in [1.165, 1.54) is 6.20 Å². The summed E-state index contributed by atoms with van der Waals surface area (Å²) < 4.78 is 8.01. The van der Waals surface area contributed by atoms with Crippen molar-refractivity contribution in [2.75, 3.05) is 5.32 Å². The highest BCUT2D eigenvalue weighted by Gasteiger charge is 2.16. The van der Waals surface area contributed by atoms with Crippen LogP contribution in [0.3, 0.4) is 0 Å². The molecule has 196 valence electrons. The maximum atomic E-state index is 12.4. The maximum Gasteiger partial charge on any atom is 0.293 e. The topological polar surface area (TPSA) is 103 Å². The van der Waals surface area contributed by atoms with E-state index in [0.717, 1.165) is 27.8 Å². The van der Waals surface area contributed by atoms with Gasteiger partial charge in [0, 0.05) is 46.3 Å². The average molecular weight is 513 g/mol. The smallest absolute Gasteiger partial charge is 0.293 e. The van der Waals surface area contributed by atoms with E-state index < -0.39 is 11.5 Å². The highest BCUT2D eigenvalue weighted by atomic mass is 16.7. The number of amides is 1. The van der Waals surface area contributed by atoms with E-state index in [4.69, 9.17) is 14.6 Å². The summed E-state index contributed by atoms with van der Waals surface area (Å²) in [5, 5.41) is 3.41. The first kappa shape index (κ1) is 24.9. The molecule has 2 N–H and O–H groups in total. The van der Waals surface area contributed by atoms with Crippen LogP contribution in [0.5, 0.6) is 11.5 Å². The van der Waals surface area contributed by atoms with E-state index in [-0.39, 0.29) is 8.55 Å². The highest BCUT2D eigenvalue weighted by molar-refractivity contribution is 5.91. The summed E-state index contributed by atoms with van der Waals surface area (Å²) in [5.41, 5.74) is 6.90. The second-order valence-corrected chi connectivity index (χ2v) is 9.71. The Kier molecular flexibility index (Phi) is 6.76. The molecule has 0 aliphatic carbocycles. The van der Waals surface area contributed by atoms with Crippen molar-refractivity contribution in [1.29, 1.82) is 0 Å². The standard InChI is InChI=1S/C29H28N6O3.2H2/c1-29(2,3)38-34-27(36)25-18-23(12-15-31-25)37-22-8-9-26-24(17-22)33-28(35(26)4)32-21-7-5-6-20(16-21)19-10-13-30-14-11-19;;/h5-18H,1-4H3,(H,32,33)(H,34,36);2*1H. The Morgan fingerprint density at radius 2 is 1.71 bits per heavy atom. The van der Waals surface area contributed by atoms with Gasteiger partial charge < -0.3 is 14.6 Å². The van der Waals surface area contributed by atoms with Crippen LogP contribution in [-0.4, -0.2) is 31.0 Å². The number of fused-ring (bicyclic) bond motifs is 1. The van der Waals surface area contributed by atoms with Gasteiger partial charge in [-0.3, -0.25) is 19.6 Å². The van der Waals surface area contributed by atoms with E-state index in [9.17, 15) is 4.79 Å². The molecule has 0 bridgehead atoms. The summed E-state index contributed by atoms with van der Waals surface area (Å²) >= 11 is 0. The van der Waals surface area contributed by atoms with Crippen molar-refractivity contribution in [3.05, 3.63) is 91.0 Å². The van der Waals surface area contributed by atoms with Crippen molar-refractivity contribution < 1.29 is 17.2 Å². The molecule has 5 rings (SSSR count). The Balaban J connectivity index is 0.00000220. The van der Waals surface area contributed by atoms with Crippen LogP contribution in [0.25, 0.3) is 22.2 Å². The third-order valence-corrected chi connectivity index (χ3v) is 5.63. The molecule has 0 unspecified atom stereocenters. The van der Waals surface area contributed by atoms with Crippen molar-refractivity contribution in [3.63, 3.8) is 0 Å². The van der Waals surface area contributed by atoms with Gasteiger partial charge in [-0.05, 0) is 74.4 Å². The average Bonchev–Trinajstić information content (AvgIpc) is 3.21. The van der Waals surface area contributed by atoms with E-state index in [0.29, 0.717) is 17.4 Å². The van der Waals surface area contributed by atoms with Gasteiger partial charge in [-0.15, -0.1) is 0 Å². The fraction of sp³-hybridized carbons (Fsp3) is 0.172. The van der Waals surface area contributed by atoms with Gasteiger partial charge in [0.15, 0.2) is 0 Å². The number of pyridine rings is 2. The zero-order chi connectivity index (χ0) is 26.7. The number of benzene rings is 2. The van der Waals surface area contributed by atoms with Crippen LogP contribution in [0.1, 0.15) is 34.1 Å². The number of aromatic nitrogens is 4. The molecular formula is C29H32N6O3. The monoisotopic (exact) mass is 512 g/mol. The van der Waals surface area contributed by atoms with Crippen molar-refractivity contribution in [1.82, 2.24) is 25.0 Å². The van der Waals surface area contributed by atoms with Gasteiger partial charge >= 0.3 is 0 Å². The number of hydrogen-bond donors (Lipinski definition) is 2. The molecule has 9 heteroatoms. The lowest BCUT2D eigenvalue weighted by Gasteiger charge is -2.18. The Morgan fingerprint density at radius 3 is 2.50 bits per heavy atom. The number of carbonyl (C=O) groups is 1. The van der Waals surface area contributed by atoms with Crippen LogP contribution in [0.4, 0.5) is 11.6 Å². The molecule has 0 atom stereocenters. The molecule has 3 aromatic heterocycles. The molecule has 1 amide bonds. The molecule has 0 fully saturated rings. The number of carbonyl (C=O) groups excluding carboxylic acids is 1. The van der Waals surface area contributed by atoms with Crippen molar-refractivity contribution in [3.8, 4) is 22.6 Å².